The molecule has 1 aromatic rings. The minimum atomic E-state index is -4.08. The molecule has 0 aliphatic heterocycles. The molecule has 0 aliphatic rings. The fourth-order valence-electron chi connectivity index (χ4n) is 1.23. The summed E-state index contributed by atoms with van der Waals surface area (Å²) in [5.41, 5.74) is 4.18. The highest BCUT2D eigenvalue weighted by atomic mass is 32.2. The number of hydrogen-bond donors (Lipinski definition) is 2. The molecule has 17 heavy (non-hydrogen) atoms. The molecule has 0 atom stereocenters. The number of nitrogens with two attached hydrogens (primary N) is 1. The van der Waals surface area contributed by atoms with Crippen molar-refractivity contribution >= 4 is 15.7 Å². The van der Waals surface area contributed by atoms with E-state index in [1.807, 2.05) is 0 Å². The van der Waals surface area contributed by atoms with E-state index in [4.69, 9.17) is 12.2 Å². The van der Waals surface area contributed by atoms with E-state index < -0.39 is 26.3 Å². The molecule has 3 N–H and O–H groups in total. The Morgan fingerprint density at radius 2 is 2.06 bits per heavy atom. The van der Waals surface area contributed by atoms with Gasteiger partial charge in [0, 0.05) is 0 Å². The average molecular weight is 256 g/mol. The quantitative estimate of drug-likeness (QED) is 0.628. The molecule has 6 heteroatoms. The number of rotatable bonds is 3. The zero-order valence-corrected chi connectivity index (χ0v) is 10.3. The summed E-state index contributed by atoms with van der Waals surface area (Å²) in [6.45, 7) is 2.98. The summed E-state index contributed by atoms with van der Waals surface area (Å²) in [5, 5.41) is 0. The number of terminal acetylenes is 1. The lowest BCUT2D eigenvalue weighted by atomic mass is 10.1. The van der Waals surface area contributed by atoms with Gasteiger partial charge in [-0.25, -0.2) is 12.8 Å². The molecule has 1 aromatic carbocycles. The van der Waals surface area contributed by atoms with Crippen LogP contribution in [-0.4, -0.2) is 14.0 Å². The second kappa shape index (κ2) is 4.35. The molecule has 0 bridgehead atoms. The smallest absolute Gasteiger partial charge is 0.246 e. The Kier molecular flexibility index (Phi) is 3.45. The summed E-state index contributed by atoms with van der Waals surface area (Å²) in [6, 6.07) is 3.66. The third-order valence-corrected chi connectivity index (χ3v) is 3.76. The highest BCUT2D eigenvalue weighted by Crippen LogP contribution is 2.22. The average Bonchev–Trinajstić information content (AvgIpc) is 2.15. The first kappa shape index (κ1) is 13.5. The number of nitrogens with one attached hydrogen (secondary N) is 1. The van der Waals surface area contributed by atoms with Gasteiger partial charge in [-0.3, -0.25) is 0 Å². The van der Waals surface area contributed by atoms with Gasteiger partial charge >= 0.3 is 0 Å². The lowest BCUT2D eigenvalue weighted by Crippen LogP contribution is -2.42. The Morgan fingerprint density at radius 1 is 1.47 bits per heavy atom. The van der Waals surface area contributed by atoms with Crippen LogP contribution in [0, 0.1) is 18.2 Å². The van der Waals surface area contributed by atoms with Crippen LogP contribution < -0.4 is 10.5 Å². The van der Waals surface area contributed by atoms with Crippen LogP contribution in [0.1, 0.15) is 13.8 Å². The maximum Gasteiger partial charge on any atom is 0.246 e. The first-order chi connectivity index (χ1) is 7.69. The van der Waals surface area contributed by atoms with Crippen molar-refractivity contribution in [3.8, 4) is 12.3 Å². The van der Waals surface area contributed by atoms with Gasteiger partial charge in [-0.1, -0.05) is 12.0 Å². The third-order valence-electron chi connectivity index (χ3n) is 2.02. The Balaban J connectivity index is 3.30. The van der Waals surface area contributed by atoms with Crippen LogP contribution >= 0.6 is 0 Å². The van der Waals surface area contributed by atoms with Crippen LogP contribution in [-0.2, 0) is 10.0 Å². The summed E-state index contributed by atoms with van der Waals surface area (Å²) in [7, 11) is -4.08. The van der Waals surface area contributed by atoms with Crippen molar-refractivity contribution in [3.63, 3.8) is 0 Å². The van der Waals surface area contributed by atoms with Crippen molar-refractivity contribution < 1.29 is 12.8 Å². The molecule has 0 saturated carbocycles. The number of hydrogen-bond acceptors (Lipinski definition) is 3. The van der Waals surface area contributed by atoms with Crippen LogP contribution in [0.2, 0.25) is 0 Å². The van der Waals surface area contributed by atoms with Gasteiger partial charge in [0.2, 0.25) is 10.0 Å². The summed E-state index contributed by atoms with van der Waals surface area (Å²) in [5.74, 6) is 1.34. The number of anilines is 1. The zero-order chi connectivity index (χ0) is 13.3. The van der Waals surface area contributed by atoms with Gasteiger partial charge in [0.1, 0.15) is 10.7 Å². The van der Waals surface area contributed by atoms with Crippen LogP contribution in [0.15, 0.2) is 23.1 Å². The maximum atomic E-state index is 13.5. The Hall–Kier alpha value is -1.58. The first-order valence-electron chi connectivity index (χ1n) is 4.75. The first-order valence-corrected chi connectivity index (χ1v) is 6.24. The van der Waals surface area contributed by atoms with E-state index in [0.717, 1.165) is 6.07 Å². The summed E-state index contributed by atoms with van der Waals surface area (Å²) in [6.07, 6.45) is 5.17. The van der Waals surface area contributed by atoms with Crippen molar-refractivity contribution in [1.82, 2.24) is 4.72 Å². The van der Waals surface area contributed by atoms with Gasteiger partial charge < -0.3 is 5.73 Å². The van der Waals surface area contributed by atoms with Crippen molar-refractivity contribution in [2.24, 2.45) is 0 Å². The van der Waals surface area contributed by atoms with Crippen molar-refractivity contribution in [3.05, 3.63) is 24.0 Å². The standard InChI is InChI=1S/C11H13FN2O2S/c1-4-11(2,3)14-17(15,16)10-8(12)6-5-7-9(10)13/h1,5-7,14H,13H2,2-3H3. The lowest BCUT2D eigenvalue weighted by Gasteiger charge is -2.20. The summed E-state index contributed by atoms with van der Waals surface area (Å²) in [4.78, 5) is -0.580. The van der Waals surface area contributed by atoms with E-state index in [1.54, 1.807) is 0 Å². The Morgan fingerprint density at radius 3 is 2.53 bits per heavy atom. The summed E-state index contributed by atoms with van der Waals surface area (Å²) < 4.78 is 39.5. The van der Waals surface area contributed by atoms with Gasteiger partial charge in [0.05, 0.1) is 11.2 Å². The van der Waals surface area contributed by atoms with E-state index in [9.17, 15) is 12.8 Å². The van der Waals surface area contributed by atoms with Crippen LogP contribution in [0.25, 0.3) is 0 Å². The predicted molar refractivity (Wildman–Crippen MR) is 64.0 cm³/mol. The van der Waals surface area contributed by atoms with E-state index in [0.29, 0.717) is 0 Å². The molecule has 0 unspecified atom stereocenters. The number of sulfonamides is 1. The largest absolute Gasteiger partial charge is 0.398 e. The van der Waals surface area contributed by atoms with Crippen LogP contribution in [0.5, 0.6) is 0 Å². The second-order valence-electron chi connectivity index (χ2n) is 4.03. The van der Waals surface area contributed by atoms with Gasteiger partial charge in [-0.2, -0.15) is 4.72 Å². The molecule has 0 aromatic heterocycles. The summed E-state index contributed by atoms with van der Waals surface area (Å²) >= 11 is 0. The normalized spacial score (nSPS) is 12.1. The van der Waals surface area contributed by atoms with Crippen molar-refractivity contribution in [2.75, 3.05) is 5.73 Å². The minimum absolute atomic E-state index is 0.162. The molecule has 92 valence electrons. The van der Waals surface area contributed by atoms with E-state index >= 15 is 0 Å². The molecular formula is C11H13FN2O2S. The van der Waals surface area contributed by atoms with Crippen molar-refractivity contribution in [2.45, 2.75) is 24.3 Å². The maximum absolute atomic E-state index is 13.5. The fraction of sp³-hybridized carbons (Fsp3) is 0.273. The second-order valence-corrected chi connectivity index (χ2v) is 5.65. The highest BCUT2D eigenvalue weighted by Gasteiger charge is 2.28. The van der Waals surface area contributed by atoms with Crippen LogP contribution in [0.3, 0.4) is 0 Å². The molecule has 1 rings (SSSR count). The van der Waals surface area contributed by atoms with E-state index in [1.165, 1.54) is 26.0 Å². The topological polar surface area (TPSA) is 72.2 Å². The third kappa shape index (κ3) is 2.96. The van der Waals surface area contributed by atoms with E-state index in [-0.39, 0.29) is 5.69 Å². The monoisotopic (exact) mass is 256 g/mol. The van der Waals surface area contributed by atoms with E-state index in [2.05, 4.69) is 10.6 Å². The predicted octanol–water partition coefficient (Wildman–Crippen LogP) is 1.10. The Labute approximate surface area is 100 Å². The molecule has 0 amide bonds. The Bertz CT molecular complexity index is 553. The number of halogens is 1. The van der Waals surface area contributed by atoms with Gasteiger partial charge in [0.25, 0.3) is 0 Å². The molecule has 0 spiro atoms. The molecule has 4 nitrogen and oxygen atoms in total. The molecule has 0 fully saturated rings. The van der Waals surface area contributed by atoms with Crippen molar-refractivity contribution in [1.29, 1.82) is 0 Å². The fourth-order valence-corrected chi connectivity index (χ4v) is 2.76. The lowest BCUT2D eigenvalue weighted by molar-refractivity contribution is 0.527. The molecule has 0 aliphatic carbocycles. The zero-order valence-electron chi connectivity index (χ0n) is 9.49. The minimum Gasteiger partial charge on any atom is -0.398 e. The molecular weight excluding hydrogens is 243 g/mol. The SMILES string of the molecule is C#CC(C)(C)NS(=O)(=O)c1c(N)cccc1F. The highest BCUT2D eigenvalue weighted by molar-refractivity contribution is 7.89. The number of nitrogen functional groups attached to an aromatic ring is 1. The molecule has 0 heterocycles. The molecule has 0 saturated heterocycles. The number of benzene rings is 1. The van der Waals surface area contributed by atoms with Crippen LogP contribution in [0.4, 0.5) is 10.1 Å². The van der Waals surface area contributed by atoms with Gasteiger partial charge in [-0.15, -0.1) is 6.42 Å². The molecule has 0 radical (unpaired) electrons. The van der Waals surface area contributed by atoms with Gasteiger partial charge in [0.15, 0.2) is 0 Å². The van der Waals surface area contributed by atoms with Gasteiger partial charge in [-0.05, 0) is 26.0 Å².